The maximum Gasteiger partial charge on any atom is 0.318 e. The molecule has 0 radical (unpaired) electrons. The molecule has 0 unspecified atom stereocenters. The zero-order valence-corrected chi connectivity index (χ0v) is 10.2. The van der Waals surface area contributed by atoms with Gasteiger partial charge in [-0.15, -0.1) is 0 Å². The SMILES string of the molecule is COC(=O)[C@@H](C)SC(=S)c1ccccc1. The summed E-state index contributed by atoms with van der Waals surface area (Å²) in [5, 5.41) is -0.261. The standard InChI is InChI=1S/C11H12O2S2/c1-8(10(12)13-2)15-11(14)9-6-4-3-5-7-9/h3-8H,1-2H3/t8-/m1/s1. The van der Waals surface area contributed by atoms with Crippen molar-refractivity contribution in [1.82, 2.24) is 0 Å². The molecule has 80 valence electrons. The Balaban J connectivity index is 2.61. The third-order valence-corrected chi connectivity index (χ3v) is 3.35. The van der Waals surface area contributed by atoms with Crippen LogP contribution in [0.15, 0.2) is 30.3 Å². The molecule has 1 aromatic carbocycles. The molecule has 0 bridgehead atoms. The molecule has 0 fully saturated rings. The van der Waals surface area contributed by atoms with Crippen molar-refractivity contribution in [1.29, 1.82) is 0 Å². The molecule has 15 heavy (non-hydrogen) atoms. The average Bonchev–Trinajstić information content (AvgIpc) is 2.29. The summed E-state index contributed by atoms with van der Waals surface area (Å²) in [4.78, 5) is 11.2. The van der Waals surface area contributed by atoms with E-state index in [4.69, 9.17) is 12.2 Å². The van der Waals surface area contributed by atoms with Gasteiger partial charge in [-0.2, -0.15) is 0 Å². The first kappa shape index (κ1) is 12.2. The summed E-state index contributed by atoms with van der Waals surface area (Å²) in [7, 11) is 1.38. The number of hydrogen-bond acceptors (Lipinski definition) is 4. The number of hydrogen-bond donors (Lipinski definition) is 0. The van der Waals surface area contributed by atoms with Crippen LogP contribution < -0.4 is 0 Å². The third kappa shape index (κ3) is 3.64. The first-order valence-corrected chi connectivity index (χ1v) is 5.78. The predicted octanol–water partition coefficient (Wildman–Crippen LogP) is 2.66. The molecule has 2 nitrogen and oxygen atoms in total. The van der Waals surface area contributed by atoms with E-state index < -0.39 is 0 Å². The van der Waals surface area contributed by atoms with Crippen LogP contribution in [-0.4, -0.2) is 22.5 Å². The Morgan fingerprint density at radius 3 is 2.53 bits per heavy atom. The second-order valence-corrected chi connectivity index (χ2v) is 4.95. The first-order chi connectivity index (χ1) is 7.15. The molecular weight excluding hydrogens is 228 g/mol. The van der Waals surface area contributed by atoms with Crippen molar-refractivity contribution in [2.45, 2.75) is 12.2 Å². The summed E-state index contributed by atoms with van der Waals surface area (Å²) in [6.07, 6.45) is 0. The van der Waals surface area contributed by atoms with Gasteiger partial charge in [-0.05, 0) is 12.5 Å². The number of methoxy groups -OCH3 is 1. The molecule has 0 amide bonds. The van der Waals surface area contributed by atoms with Gasteiger partial charge in [0.2, 0.25) is 0 Å². The minimum absolute atomic E-state index is 0.252. The average molecular weight is 240 g/mol. The van der Waals surface area contributed by atoms with Crippen LogP contribution >= 0.6 is 24.0 Å². The van der Waals surface area contributed by atoms with E-state index in [0.29, 0.717) is 4.20 Å². The summed E-state index contributed by atoms with van der Waals surface area (Å²) in [5.74, 6) is -0.252. The highest BCUT2D eigenvalue weighted by Crippen LogP contribution is 2.19. The highest BCUT2D eigenvalue weighted by molar-refractivity contribution is 8.24. The van der Waals surface area contributed by atoms with Crippen molar-refractivity contribution in [2.24, 2.45) is 0 Å². The Labute approximate surface area is 99.0 Å². The monoisotopic (exact) mass is 240 g/mol. The molecule has 0 N–H and O–H groups in total. The fourth-order valence-corrected chi connectivity index (χ4v) is 2.37. The van der Waals surface area contributed by atoms with Crippen LogP contribution in [0.2, 0.25) is 0 Å². The molecule has 0 saturated heterocycles. The van der Waals surface area contributed by atoms with Gasteiger partial charge in [0.1, 0.15) is 5.25 Å². The number of thioether (sulfide) groups is 1. The highest BCUT2D eigenvalue weighted by atomic mass is 32.2. The van der Waals surface area contributed by atoms with E-state index in [1.165, 1.54) is 18.9 Å². The Morgan fingerprint density at radius 2 is 2.00 bits per heavy atom. The maximum absolute atomic E-state index is 11.2. The molecule has 0 aliphatic carbocycles. The summed E-state index contributed by atoms with van der Waals surface area (Å²) >= 11 is 6.56. The normalized spacial score (nSPS) is 11.9. The van der Waals surface area contributed by atoms with Crippen molar-refractivity contribution in [3.05, 3.63) is 35.9 Å². The van der Waals surface area contributed by atoms with Crippen LogP contribution in [0.4, 0.5) is 0 Å². The number of benzene rings is 1. The summed E-state index contributed by atoms with van der Waals surface area (Å²) in [5.41, 5.74) is 0.966. The minimum Gasteiger partial charge on any atom is -0.468 e. The molecule has 0 aliphatic heterocycles. The van der Waals surface area contributed by atoms with E-state index in [0.717, 1.165) is 5.56 Å². The number of esters is 1. The Hall–Kier alpha value is -0.870. The lowest BCUT2D eigenvalue weighted by atomic mass is 10.2. The van der Waals surface area contributed by atoms with E-state index in [2.05, 4.69) is 4.74 Å². The van der Waals surface area contributed by atoms with E-state index in [1.807, 2.05) is 30.3 Å². The van der Waals surface area contributed by atoms with Crippen LogP contribution in [0.25, 0.3) is 0 Å². The van der Waals surface area contributed by atoms with Crippen molar-refractivity contribution < 1.29 is 9.53 Å². The fraction of sp³-hybridized carbons (Fsp3) is 0.273. The number of thiocarbonyl (C=S) groups is 1. The molecule has 0 spiro atoms. The number of ether oxygens (including phenoxy) is 1. The molecular formula is C11H12O2S2. The molecule has 0 aromatic heterocycles. The zero-order chi connectivity index (χ0) is 11.3. The zero-order valence-electron chi connectivity index (χ0n) is 8.60. The second kappa shape index (κ2) is 5.88. The van der Waals surface area contributed by atoms with Crippen LogP contribution in [0.5, 0.6) is 0 Å². The van der Waals surface area contributed by atoms with Gasteiger partial charge in [0, 0.05) is 0 Å². The van der Waals surface area contributed by atoms with E-state index >= 15 is 0 Å². The summed E-state index contributed by atoms with van der Waals surface area (Å²) in [6.45, 7) is 1.78. The molecule has 1 rings (SSSR count). The Kier molecular flexibility index (Phi) is 4.78. The largest absolute Gasteiger partial charge is 0.468 e. The lowest BCUT2D eigenvalue weighted by molar-refractivity contribution is -0.139. The van der Waals surface area contributed by atoms with Crippen molar-refractivity contribution in [3.8, 4) is 0 Å². The van der Waals surface area contributed by atoms with Gasteiger partial charge in [0.15, 0.2) is 0 Å². The van der Waals surface area contributed by atoms with Gasteiger partial charge >= 0.3 is 5.97 Å². The van der Waals surface area contributed by atoms with Crippen molar-refractivity contribution >= 4 is 34.1 Å². The Morgan fingerprint density at radius 1 is 1.40 bits per heavy atom. The van der Waals surface area contributed by atoms with Gasteiger partial charge in [0.25, 0.3) is 0 Å². The first-order valence-electron chi connectivity index (χ1n) is 4.49. The van der Waals surface area contributed by atoms with Gasteiger partial charge in [0.05, 0.1) is 11.3 Å². The maximum atomic E-state index is 11.2. The molecule has 0 heterocycles. The quantitative estimate of drug-likeness (QED) is 0.599. The molecule has 0 aliphatic rings. The minimum atomic E-state index is -0.261. The predicted molar refractivity (Wildman–Crippen MR) is 67.2 cm³/mol. The molecule has 0 saturated carbocycles. The lowest BCUT2D eigenvalue weighted by Gasteiger charge is -2.09. The van der Waals surface area contributed by atoms with Crippen LogP contribution in [-0.2, 0) is 9.53 Å². The lowest BCUT2D eigenvalue weighted by Crippen LogP contribution is -2.16. The summed E-state index contributed by atoms with van der Waals surface area (Å²) < 4.78 is 5.35. The fourth-order valence-electron chi connectivity index (χ4n) is 1.02. The number of rotatable bonds is 3. The van der Waals surface area contributed by atoms with Gasteiger partial charge in [-0.3, -0.25) is 4.79 Å². The van der Waals surface area contributed by atoms with Crippen molar-refractivity contribution in [3.63, 3.8) is 0 Å². The van der Waals surface area contributed by atoms with Gasteiger partial charge in [-0.25, -0.2) is 0 Å². The van der Waals surface area contributed by atoms with Crippen LogP contribution in [0.3, 0.4) is 0 Å². The Bertz CT molecular complexity index is 349. The van der Waals surface area contributed by atoms with Gasteiger partial charge < -0.3 is 4.74 Å². The molecule has 4 heteroatoms. The summed E-state index contributed by atoms with van der Waals surface area (Å²) in [6, 6.07) is 9.63. The number of carbonyl (C=O) groups is 1. The van der Waals surface area contributed by atoms with E-state index in [9.17, 15) is 4.79 Å². The smallest absolute Gasteiger partial charge is 0.318 e. The van der Waals surface area contributed by atoms with Crippen molar-refractivity contribution in [2.75, 3.05) is 7.11 Å². The second-order valence-electron chi connectivity index (χ2n) is 2.94. The molecule has 1 atom stereocenters. The van der Waals surface area contributed by atoms with E-state index in [1.54, 1.807) is 6.92 Å². The number of carbonyl (C=O) groups excluding carboxylic acids is 1. The van der Waals surface area contributed by atoms with E-state index in [-0.39, 0.29) is 11.2 Å². The topological polar surface area (TPSA) is 26.3 Å². The van der Waals surface area contributed by atoms with Crippen LogP contribution in [0, 0.1) is 0 Å². The highest BCUT2D eigenvalue weighted by Gasteiger charge is 2.16. The van der Waals surface area contributed by atoms with Crippen LogP contribution in [0.1, 0.15) is 12.5 Å². The third-order valence-electron chi connectivity index (χ3n) is 1.83. The molecule has 1 aromatic rings. The van der Waals surface area contributed by atoms with Gasteiger partial charge in [-0.1, -0.05) is 54.3 Å².